The monoisotopic (exact) mass is 465 g/mol. The summed E-state index contributed by atoms with van der Waals surface area (Å²) in [6.45, 7) is 4.12. The van der Waals surface area contributed by atoms with E-state index >= 15 is 0 Å². The van der Waals surface area contributed by atoms with Gasteiger partial charge in [-0.1, -0.05) is 18.7 Å². The van der Waals surface area contributed by atoms with E-state index in [2.05, 4.69) is 21.9 Å². The predicted octanol–water partition coefficient (Wildman–Crippen LogP) is 2.31. The number of primary amides is 1. The number of carbonyl (C=O) groups is 3. The molecule has 1 aromatic carbocycles. The van der Waals surface area contributed by atoms with Crippen LogP contribution in [0.4, 0.5) is 5.13 Å². The second-order valence-corrected chi connectivity index (χ2v) is 8.41. The van der Waals surface area contributed by atoms with Crippen LogP contribution in [0.2, 0.25) is 0 Å². The molecule has 1 aliphatic rings. The Morgan fingerprint density at radius 3 is 2.61 bits per heavy atom. The minimum atomic E-state index is -0.741. The van der Waals surface area contributed by atoms with Gasteiger partial charge in [-0.15, -0.1) is 11.3 Å². The summed E-state index contributed by atoms with van der Waals surface area (Å²) in [6.07, 6.45) is 5.27. The first-order chi connectivity index (χ1) is 15.9. The van der Waals surface area contributed by atoms with Gasteiger partial charge in [-0.2, -0.15) is 0 Å². The van der Waals surface area contributed by atoms with E-state index in [1.54, 1.807) is 40.7 Å². The van der Waals surface area contributed by atoms with Crippen LogP contribution in [0.5, 0.6) is 0 Å². The summed E-state index contributed by atoms with van der Waals surface area (Å²) in [6, 6.07) is 6.18. The highest BCUT2D eigenvalue weighted by Crippen LogP contribution is 2.33. The lowest BCUT2D eigenvalue weighted by Gasteiger charge is -2.34. The molecule has 11 heteroatoms. The van der Waals surface area contributed by atoms with Crippen LogP contribution in [-0.4, -0.2) is 43.8 Å². The fraction of sp³-hybridized carbons (Fsp3) is 0.227. The Hall–Kier alpha value is -3.99. The third kappa shape index (κ3) is 4.35. The molecule has 0 aliphatic carbocycles. The maximum atomic E-state index is 12.4. The largest absolute Gasteiger partial charge is 0.364 e. The van der Waals surface area contributed by atoms with Gasteiger partial charge in [0.2, 0.25) is 5.91 Å². The lowest BCUT2D eigenvalue weighted by atomic mass is 10.0. The molecule has 1 atom stereocenters. The zero-order valence-electron chi connectivity index (χ0n) is 17.7. The molecule has 0 saturated carbocycles. The summed E-state index contributed by atoms with van der Waals surface area (Å²) in [5.74, 6) is 5.35. The molecule has 3 amide bonds. The van der Waals surface area contributed by atoms with Gasteiger partial charge in [0, 0.05) is 29.2 Å². The van der Waals surface area contributed by atoms with Crippen LogP contribution in [0.3, 0.4) is 0 Å². The number of nitrogens with zero attached hydrogens (tertiary/aromatic N) is 4. The molecule has 3 heterocycles. The van der Waals surface area contributed by atoms with Crippen LogP contribution >= 0.6 is 11.3 Å². The number of hydrogen-bond acceptors (Lipinski definition) is 7. The number of hydrogen-bond donors (Lipinski definition) is 3. The van der Waals surface area contributed by atoms with Gasteiger partial charge >= 0.3 is 0 Å². The number of benzene rings is 1. The maximum absolute atomic E-state index is 12.4. The van der Waals surface area contributed by atoms with Gasteiger partial charge in [0.15, 0.2) is 16.6 Å². The number of nitrogens with one attached hydrogen (secondary N) is 1. The van der Waals surface area contributed by atoms with Crippen LogP contribution in [0, 0.1) is 0 Å². The minimum Gasteiger partial charge on any atom is -0.364 e. The molecule has 0 unspecified atom stereocenters. The number of carbonyl (C=O) groups excluding carboxylic acids is 3. The molecule has 5 N–H and O–H groups in total. The van der Waals surface area contributed by atoms with E-state index in [4.69, 9.17) is 11.6 Å². The number of piperidine rings is 1. The van der Waals surface area contributed by atoms with E-state index in [0.29, 0.717) is 40.7 Å². The Morgan fingerprint density at radius 1 is 1.21 bits per heavy atom. The van der Waals surface area contributed by atoms with Crippen molar-refractivity contribution in [2.75, 3.05) is 17.7 Å². The summed E-state index contributed by atoms with van der Waals surface area (Å²) in [5, 5.41) is 4.98. The predicted molar refractivity (Wildman–Crippen MR) is 125 cm³/mol. The molecule has 4 rings (SSSR count). The third-order valence-electron chi connectivity index (χ3n) is 5.50. The van der Waals surface area contributed by atoms with Gasteiger partial charge in [-0.05, 0) is 37.5 Å². The number of rotatable bonds is 6. The Kier molecular flexibility index (Phi) is 6.22. The van der Waals surface area contributed by atoms with Gasteiger partial charge < -0.3 is 16.5 Å². The van der Waals surface area contributed by atoms with Crippen molar-refractivity contribution in [1.82, 2.24) is 19.5 Å². The molecule has 0 spiro atoms. The molecule has 1 fully saturated rings. The molecule has 1 aliphatic heterocycles. The first-order valence-electron chi connectivity index (χ1n) is 10.3. The molecular formula is C22H23N7O3S. The lowest BCUT2D eigenvalue weighted by Crippen LogP contribution is -2.39. The fourth-order valence-corrected chi connectivity index (χ4v) is 4.46. The summed E-state index contributed by atoms with van der Waals surface area (Å²) in [4.78, 5) is 47.4. The molecule has 2 aromatic heterocycles. The van der Waals surface area contributed by atoms with E-state index in [-0.39, 0.29) is 17.5 Å². The number of nitrogens with two attached hydrogens (primary N) is 2. The van der Waals surface area contributed by atoms with E-state index in [1.165, 1.54) is 22.1 Å². The van der Waals surface area contributed by atoms with Gasteiger partial charge in [0.05, 0.1) is 6.04 Å². The number of amides is 3. The van der Waals surface area contributed by atoms with E-state index < -0.39 is 11.9 Å². The molecule has 3 aromatic rings. The highest BCUT2D eigenvalue weighted by Gasteiger charge is 2.33. The van der Waals surface area contributed by atoms with E-state index in [0.717, 1.165) is 12.8 Å². The summed E-state index contributed by atoms with van der Waals surface area (Å²) < 4.78 is 1.17. The minimum absolute atomic E-state index is 0.0292. The SMILES string of the molecule is C=CC(=O)N1CCCC[C@H]1c1nc(-c2ccc(C(=O)Nc3nccs3)cc2)c(C(N)=O)n1N. The second kappa shape index (κ2) is 9.25. The Morgan fingerprint density at radius 2 is 1.97 bits per heavy atom. The average molecular weight is 466 g/mol. The highest BCUT2D eigenvalue weighted by molar-refractivity contribution is 7.13. The second-order valence-electron chi connectivity index (χ2n) is 7.52. The number of likely N-dealkylation sites (tertiary alicyclic amines) is 1. The quantitative estimate of drug-likeness (QED) is 0.376. The molecule has 1 saturated heterocycles. The van der Waals surface area contributed by atoms with Gasteiger partial charge in [0.25, 0.3) is 11.8 Å². The average Bonchev–Trinajstić information content (AvgIpc) is 3.46. The molecule has 10 nitrogen and oxygen atoms in total. The molecule has 0 bridgehead atoms. The number of nitrogen functional groups attached to an aromatic ring is 1. The number of aromatic nitrogens is 3. The van der Waals surface area contributed by atoms with Crippen LogP contribution in [0.15, 0.2) is 48.5 Å². The third-order valence-corrected chi connectivity index (χ3v) is 6.19. The van der Waals surface area contributed by atoms with E-state index in [1.807, 2.05) is 0 Å². The lowest BCUT2D eigenvalue weighted by molar-refractivity contribution is -0.129. The van der Waals surface area contributed by atoms with Gasteiger partial charge in [-0.25, -0.2) is 14.6 Å². The smallest absolute Gasteiger partial charge is 0.269 e. The van der Waals surface area contributed by atoms with Crippen LogP contribution in [0.25, 0.3) is 11.3 Å². The Labute approximate surface area is 193 Å². The number of anilines is 1. The van der Waals surface area contributed by atoms with Gasteiger partial charge in [-0.3, -0.25) is 19.7 Å². The normalized spacial score (nSPS) is 15.8. The standard InChI is InChI=1S/C22H23N7O3S/c1-2-16(30)28-11-4-3-5-15(28)20-26-17(18(19(23)31)29(20)24)13-6-8-14(9-7-13)21(32)27-22-25-10-12-33-22/h2,6-10,12,15H,1,3-5,11,24H2,(H2,23,31)(H,25,27,32)/t15-/m0/s1. The van der Waals surface area contributed by atoms with Crippen molar-refractivity contribution in [3.05, 3.63) is 65.6 Å². The van der Waals surface area contributed by atoms with Crippen molar-refractivity contribution in [2.24, 2.45) is 5.73 Å². The highest BCUT2D eigenvalue weighted by atomic mass is 32.1. The van der Waals surface area contributed by atoms with Crippen molar-refractivity contribution in [3.8, 4) is 11.3 Å². The zero-order chi connectivity index (χ0) is 23.5. The van der Waals surface area contributed by atoms with E-state index in [9.17, 15) is 14.4 Å². The van der Waals surface area contributed by atoms with Crippen molar-refractivity contribution < 1.29 is 14.4 Å². The first-order valence-corrected chi connectivity index (χ1v) is 11.2. The zero-order valence-corrected chi connectivity index (χ0v) is 18.5. The van der Waals surface area contributed by atoms with Crippen LogP contribution in [-0.2, 0) is 4.79 Å². The molecular weight excluding hydrogens is 442 g/mol. The number of thiazole rings is 1. The maximum Gasteiger partial charge on any atom is 0.269 e. The summed E-state index contributed by atoms with van der Waals surface area (Å²) in [5.41, 5.74) is 6.93. The van der Waals surface area contributed by atoms with Crippen LogP contribution in [0.1, 0.15) is 52.0 Å². The fourth-order valence-electron chi connectivity index (χ4n) is 3.94. The summed E-state index contributed by atoms with van der Waals surface area (Å²) >= 11 is 1.32. The summed E-state index contributed by atoms with van der Waals surface area (Å²) in [7, 11) is 0. The van der Waals surface area contributed by atoms with Crippen molar-refractivity contribution in [3.63, 3.8) is 0 Å². The van der Waals surface area contributed by atoms with Gasteiger partial charge in [0.1, 0.15) is 5.69 Å². The molecule has 33 heavy (non-hydrogen) atoms. The Balaban J connectivity index is 1.68. The molecule has 170 valence electrons. The number of imidazole rings is 1. The van der Waals surface area contributed by atoms with Crippen molar-refractivity contribution >= 4 is 34.2 Å². The molecule has 0 radical (unpaired) electrons. The van der Waals surface area contributed by atoms with Crippen LogP contribution < -0.4 is 16.9 Å². The Bertz CT molecular complexity index is 1200. The topological polar surface area (TPSA) is 149 Å². The van der Waals surface area contributed by atoms with Crippen molar-refractivity contribution in [2.45, 2.75) is 25.3 Å². The first kappa shape index (κ1) is 22.2. The van der Waals surface area contributed by atoms with Crippen molar-refractivity contribution in [1.29, 1.82) is 0 Å².